The Morgan fingerprint density at radius 1 is 0.586 bits per heavy atom. The van der Waals surface area contributed by atoms with Crippen LogP contribution in [0, 0.1) is 0 Å². The summed E-state index contributed by atoms with van der Waals surface area (Å²) < 4.78 is 5.65. The lowest BCUT2D eigenvalue weighted by atomic mass is 9.79. The van der Waals surface area contributed by atoms with E-state index in [0.717, 1.165) is 16.9 Å². The molecule has 0 saturated heterocycles. The molecule has 4 aromatic carbocycles. The summed E-state index contributed by atoms with van der Waals surface area (Å²) in [6.45, 7) is 0. The number of hydrogen-bond donors (Lipinski definition) is 3. The smallest absolute Gasteiger partial charge is 0.456 e. The number of anilines is 2. The molecule has 29 heavy (non-hydrogen) atoms. The number of hydrogen-bond acceptors (Lipinski definition) is 4. The number of rotatable bonds is 3. The standard InChI is InChI=1S/C12H12BNO2.C12H8O/c15-13(16)11-8-4-5-9-12(11)14-10-6-2-1-3-7-10;1-3-7-11-9(5-1)10-6-2-4-8-12(10)13-11/h1-9,14-16H;1-8H. The van der Waals surface area contributed by atoms with Gasteiger partial charge >= 0.3 is 7.12 Å². The van der Waals surface area contributed by atoms with Crippen LogP contribution in [0.4, 0.5) is 11.4 Å². The van der Waals surface area contributed by atoms with Crippen LogP contribution in [0.1, 0.15) is 0 Å². The topological polar surface area (TPSA) is 65.6 Å². The van der Waals surface area contributed by atoms with Crippen molar-refractivity contribution in [2.45, 2.75) is 0 Å². The van der Waals surface area contributed by atoms with E-state index in [1.54, 1.807) is 12.1 Å². The Hall–Kier alpha value is -3.54. The summed E-state index contributed by atoms with van der Waals surface area (Å²) in [6.07, 6.45) is 0. The molecule has 1 heterocycles. The molecule has 5 rings (SSSR count). The van der Waals surface area contributed by atoms with Crippen LogP contribution in [0.5, 0.6) is 0 Å². The van der Waals surface area contributed by atoms with Gasteiger partial charge in [0.15, 0.2) is 0 Å². The molecule has 5 heteroatoms. The summed E-state index contributed by atoms with van der Waals surface area (Å²) in [6, 6.07) is 32.9. The maximum Gasteiger partial charge on any atom is 0.490 e. The van der Waals surface area contributed by atoms with Gasteiger partial charge in [0.2, 0.25) is 0 Å². The third kappa shape index (κ3) is 4.32. The van der Waals surface area contributed by atoms with Crippen molar-refractivity contribution in [3.05, 3.63) is 103 Å². The first-order valence-electron chi connectivity index (χ1n) is 9.36. The minimum Gasteiger partial charge on any atom is -0.456 e. The van der Waals surface area contributed by atoms with Crippen molar-refractivity contribution in [1.29, 1.82) is 0 Å². The number of nitrogens with one attached hydrogen (secondary N) is 1. The van der Waals surface area contributed by atoms with Crippen molar-refractivity contribution >= 4 is 45.9 Å². The summed E-state index contributed by atoms with van der Waals surface area (Å²) in [5.74, 6) is 0. The highest BCUT2D eigenvalue weighted by Crippen LogP contribution is 2.27. The van der Waals surface area contributed by atoms with Crippen LogP contribution in [0.3, 0.4) is 0 Å². The molecule has 0 unspecified atom stereocenters. The zero-order chi connectivity index (χ0) is 20.1. The molecule has 142 valence electrons. The van der Waals surface area contributed by atoms with Crippen LogP contribution < -0.4 is 10.8 Å². The van der Waals surface area contributed by atoms with Gasteiger partial charge in [-0.25, -0.2) is 0 Å². The Morgan fingerprint density at radius 2 is 1.10 bits per heavy atom. The second-order valence-electron chi connectivity index (χ2n) is 6.55. The lowest BCUT2D eigenvalue weighted by Crippen LogP contribution is -2.31. The lowest BCUT2D eigenvalue weighted by molar-refractivity contribution is 0.426. The minimum absolute atomic E-state index is 0.464. The predicted molar refractivity (Wildman–Crippen MR) is 120 cm³/mol. The van der Waals surface area contributed by atoms with Gasteiger partial charge < -0.3 is 19.8 Å². The van der Waals surface area contributed by atoms with E-state index < -0.39 is 7.12 Å². The molecule has 0 saturated carbocycles. The monoisotopic (exact) mass is 381 g/mol. The third-order valence-electron chi connectivity index (χ3n) is 4.58. The van der Waals surface area contributed by atoms with E-state index in [1.165, 1.54) is 10.8 Å². The lowest BCUT2D eigenvalue weighted by Gasteiger charge is -2.11. The molecule has 0 aliphatic rings. The molecule has 0 fully saturated rings. The normalized spacial score (nSPS) is 10.4. The van der Waals surface area contributed by atoms with Crippen LogP contribution in [0.25, 0.3) is 21.9 Å². The second-order valence-corrected chi connectivity index (χ2v) is 6.55. The van der Waals surface area contributed by atoms with Crippen LogP contribution in [0.15, 0.2) is 108 Å². The van der Waals surface area contributed by atoms with E-state index in [0.29, 0.717) is 11.2 Å². The number of fused-ring (bicyclic) bond motifs is 3. The van der Waals surface area contributed by atoms with Crippen molar-refractivity contribution in [1.82, 2.24) is 0 Å². The summed E-state index contributed by atoms with van der Waals surface area (Å²) in [5, 5.41) is 23.9. The van der Waals surface area contributed by atoms with Crippen molar-refractivity contribution in [2.75, 3.05) is 5.32 Å². The largest absolute Gasteiger partial charge is 0.490 e. The number of benzene rings is 4. The molecule has 3 N–H and O–H groups in total. The molecule has 0 radical (unpaired) electrons. The average Bonchev–Trinajstić information content (AvgIpc) is 3.14. The maximum absolute atomic E-state index is 9.20. The Morgan fingerprint density at radius 3 is 1.72 bits per heavy atom. The Labute approximate surface area is 169 Å². The molecule has 0 aliphatic heterocycles. The van der Waals surface area contributed by atoms with Gasteiger partial charge in [-0.2, -0.15) is 0 Å². The molecular weight excluding hydrogens is 361 g/mol. The SMILES string of the molecule is OB(O)c1ccccc1Nc1ccccc1.c1ccc2c(c1)oc1ccccc12. The van der Waals surface area contributed by atoms with Gasteiger partial charge in [-0.3, -0.25) is 0 Å². The molecule has 0 bridgehead atoms. The van der Waals surface area contributed by atoms with Gasteiger partial charge in [-0.1, -0.05) is 72.8 Å². The molecule has 0 aliphatic carbocycles. The fourth-order valence-electron chi connectivity index (χ4n) is 3.19. The van der Waals surface area contributed by atoms with Crippen molar-refractivity contribution in [3.8, 4) is 0 Å². The van der Waals surface area contributed by atoms with E-state index in [9.17, 15) is 10.0 Å². The van der Waals surface area contributed by atoms with Crippen molar-refractivity contribution in [2.24, 2.45) is 0 Å². The average molecular weight is 381 g/mol. The number of furan rings is 1. The molecule has 5 aromatic rings. The van der Waals surface area contributed by atoms with Gasteiger partial charge in [-0.05, 0) is 30.3 Å². The predicted octanol–water partition coefficient (Wildman–Crippen LogP) is 4.70. The molecule has 1 aromatic heterocycles. The van der Waals surface area contributed by atoms with Crippen LogP contribution in [-0.2, 0) is 0 Å². The van der Waals surface area contributed by atoms with E-state index in [4.69, 9.17) is 4.42 Å². The molecule has 0 atom stereocenters. The highest BCUT2D eigenvalue weighted by Gasteiger charge is 2.14. The van der Waals surface area contributed by atoms with Crippen molar-refractivity contribution < 1.29 is 14.5 Å². The quantitative estimate of drug-likeness (QED) is 0.397. The molecule has 4 nitrogen and oxygen atoms in total. The van der Waals surface area contributed by atoms with E-state index in [-0.39, 0.29) is 0 Å². The molecule has 0 amide bonds. The van der Waals surface area contributed by atoms with Crippen molar-refractivity contribution in [3.63, 3.8) is 0 Å². The Kier molecular flexibility index (Phi) is 5.61. The highest BCUT2D eigenvalue weighted by molar-refractivity contribution is 6.60. The molecule has 0 spiro atoms. The Bertz CT molecular complexity index is 1170. The summed E-state index contributed by atoms with van der Waals surface area (Å²) in [4.78, 5) is 0. The zero-order valence-electron chi connectivity index (χ0n) is 15.7. The van der Waals surface area contributed by atoms with Gasteiger partial charge in [0.1, 0.15) is 11.2 Å². The first-order valence-corrected chi connectivity index (χ1v) is 9.36. The first-order chi connectivity index (χ1) is 14.2. The van der Waals surface area contributed by atoms with E-state index >= 15 is 0 Å². The first kappa shape index (κ1) is 18.8. The highest BCUT2D eigenvalue weighted by atomic mass is 16.4. The fraction of sp³-hybridized carbons (Fsp3) is 0. The van der Waals surface area contributed by atoms with Crippen LogP contribution in [0.2, 0.25) is 0 Å². The minimum atomic E-state index is -1.47. The van der Waals surface area contributed by atoms with Gasteiger partial charge in [0.25, 0.3) is 0 Å². The van der Waals surface area contributed by atoms with Gasteiger partial charge in [0.05, 0.1) is 0 Å². The maximum atomic E-state index is 9.20. The fourth-order valence-corrected chi connectivity index (χ4v) is 3.19. The summed E-state index contributed by atoms with van der Waals surface area (Å²) in [7, 11) is -1.47. The van der Waals surface area contributed by atoms with Crippen LogP contribution in [-0.4, -0.2) is 17.2 Å². The zero-order valence-corrected chi connectivity index (χ0v) is 15.7. The summed E-state index contributed by atoms with van der Waals surface area (Å²) in [5.41, 5.74) is 4.00. The van der Waals surface area contributed by atoms with Gasteiger partial charge in [-0.15, -0.1) is 0 Å². The van der Waals surface area contributed by atoms with E-state index in [2.05, 4.69) is 17.4 Å². The van der Waals surface area contributed by atoms with Crippen LogP contribution >= 0.6 is 0 Å². The second kappa shape index (κ2) is 8.65. The third-order valence-corrected chi connectivity index (χ3v) is 4.58. The number of para-hydroxylation sites is 4. The Balaban J connectivity index is 0.000000144. The summed E-state index contributed by atoms with van der Waals surface area (Å²) >= 11 is 0. The van der Waals surface area contributed by atoms with E-state index in [1.807, 2.05) is 78.9 Å². The van der Waals surface area contributed by atoms with Gasteiger partial charge in [0, 0.05) is 27.6 Å². The molecular formula is C24H20BNO3.